The predicted octanol–water partition coefficient (Wildman–Crippen LogP) is 2.38. The molecule has 4 heteroatoms. The van der Waals surface area contributed by atoms with Gasteiger partial charge in [-0.25, -0.2) is 4.39 Å². The van der Waals surface area contributed by atoms with E-state index in [1.54, 1.807) is 12.1 Å². The van der Waals surface area contributed by atoms with Gasteiger partial charge in [0, 0.05) is 24.7 Å². The number of carbonyl (C=O) groups is 1. The summed E-state index contributed by atoms with van der Waals surface area (Å²) in [5, 5.41) is 0. The number of hydrogen-bond acceptors (Lipinski definition) is 2. The van der Waals surface area contributed by atoms with E-state index in [2.05, 4.69) is 18.7 Å². The largest absolute Gasteiger partial charge is 0.337 e. The van der Waals surface area contributed by atoms with Gasteiger partial charge in [-0.15, -0.1) is 0 Å². The van der Waals surface area contributed by atoms with Gasteiger partial charge in [-0.05, 0) is 43.8 Å². The first-order chi connectivity index (χ1) is 9.15. The lowest BCUT2D eigenvalue weighted by Crippen LogP contribution is -2.38. The highest BCUT2D eigenvalue weighted by molar-refractivity contribution is 5.94. The van der Waals surface area contributed by atoms with Crippen LogP contribution in [0.2, 0.25) is 0 Å². The molecule has 2 rings (SSSR count). The molecule has 1 unspecified atom stereocenters. The average Bonchev–Trinajstić information content (AvgIpc) is 2.90. The maximum Gasteiger partial charge on any atom is 0.253 e. The highest BCUT2D eigenvalue weighted by Crippen LogP contribution is 2.18. The fourth-order valence-corrected chi connectivity index (χ4v) is 2.74. The lowest BCUT2D eigenvalue weighted by molar-refractivity contribution is 0.0778. The molecule has 1 aliphatic rings. The van der Waals surface area contributed by atoms with Crippen LogP contribution in [-0.2, 0) is 0 Å². The summed E-state index contributed by atoms with van der Waals surface area (Å²) in [5.74, 6) is -0.298. The minimum atomic E-state index is -0.306. The highest BCUT2D eigenvalue weighted by atomic mass is 19.1. The van der Waals surface area contributed by atoms with Gasteiger partial charge in [-0.3, -0.25) is 9.69 Å². The third kappa shape index (κ3) is 3.13. The zero-order valence-electron chi connectivity index (χ0n) is 11.6. The Balaban J connectivity index is 2.00. The van der Waals surface area contributed by atoms with Gasteiger partial charge in [0.15, 0.2) is 0 Å². The normalized spacial score (nSPS) is 19.2. The van der Waals surface area contributed by atoms with E-state index in [9.17, 15) is 9.18 Å². The van der Waals surface area contributed by atoms with Crippen LogP contribution in [0.5, 0.6) is 0 Å². The van der Waals surface area contributed by atoms with Crippen molar-refractivity contribution >= 4 is 5.91 Å². The standard InChI is InChI=1S/C15H21FN2O/c1-3-17(4-2)14-9-10-18(11-14)15(19)12-5-7-13(16)8-6-12/h5-8,14H,3-4,9-11H2,1-2H3. The molecule has 0 spiro atoms. The van der Waals surface area contributed by atoms with Gasteiger partial charge in [0.05, 0.1) is 0 Å². The Hall–Kier alpha value is -1.42. The van der Waals surface area contributed by atoms with Gasteiger partial charge in [0.25, 0.3) is 5.91 Å². The summed E-state index contributed by atoms with van der Waals surface area (Å²) in [7, 11) is 0. The summed E-state index contributed by atoms with van der Waals surface area (Å²) >= 11 is 0. The molecule has 1 atom stereocenters. The third-order valence-corrected chi connectivity index (χ3v) is 3.87. The number of rotatable bonds is 4. The number of benzene rings is 1. The van der Waals surface area contributed by atoms with Crippen molar-refractivity contribution in [2.75, 3.05) is 26.2 Å². The van der Waals surface area contributed by atoms with Crippen molar-refractivity contribution in [1.29, 1.82) is 0 Å². The van der Waals surface area contributed by atoms with Crippen LogP contribution >= 0.6 is 0 Å². The molecule has 0 aromatic heterocycles. The molecule has 0 saturated carbocycles. The molecule has 1 aromatic rings. The second-order valence-corrected chi connectivity index (χ2v) is 4.92. The van der Waals surface area contributed by atoms with Crippen molar-refractivity contribution < 1.29 is 9.18 Å². The molecular formula is C15H21FN2O. The van der Waals surface area contributed by atoms with Gasteiger partial charge >= 0.3 is 0 Å². The second kappa shape index (κ2) is 6.15. The highest BCUT2D eigenvalue weighted by Gasteiger charge is 2.29. The molecule has 3 nitrogen and oxygen atoms in total. The van der Waals surface area contributed by atoms with Crippen molar-refractivity contribution in [1.82, 2.24) is 9.80 Å². The minimum absolute atomic E-state index is 0.00894. The van der Waals surface area contributed by atoms with E-state index >= 15 is 0 Å². The van der Waals surface area contributed by atoms with E-state index < -0.39 is 0 Å². The van der Waals surface area contributed by atoms with E-state index in [0.29, 0.717) is 11.6 Å². The Bertz CT molecular complexity index is 428. The van der Waals surface area contributed by atoms with E-state index in [1.165, 1.54) is 12.1 Å². The van der Waals surface area contributed by atoms with Gasteiger partial charge in [0.1, 0.15) is 5.82 Å². The number of amides is 1. The second-order valence-electron chi connectivity index (χ2n) is 4.92. The fraction of sp³-hybridized carbons (Fsp3) is 0.533. The Morgan fingerprint density at radius 2 is 1.95 bits per heavy atom. The zero-order valence-corrected chi connectivity index (χ0v) is 11.6. The minimum Gasteiger partial charge on any atom is -0.337 e. The number of hydrogen-bond donors (Lipinski definition) is 0. The van der Waals surface area contributed by atoms with Gasteiger partial charge < -0.3 is 4.90 Å². The van der Waals surface area contributed by atoms with Gasteiger partial charge in [0.2, 0.25) is 0 Å². The van der Waals surface area contributed by atoms with Crippen LogP contribution in [0.4, 0.5) is 4.39 Å². The first kappa shape index (κ1) is 14.0. The predicted molar refractivity (Wildman–Crippen MR) is 73.6 cm³/mol. The summed E-state index contributed by atoms with van der Waals surface area (Å²) in [6.07, 6.45) is 1.02. The SMILES string of the molecule is CCN(CC)C1CCN(C(=O)c2ccc(F)cc2)C1. The summed E-state index contributed by atoms with van der Waals surface area (Å²) < 4.78 is 12.9. The monoisotopic (exact) mass is 264 g/mol. The Morgan fingerprint density at radius 3 is 2.53 bits per heavy atom. The van der Waals surface area contributed by atoms with Crippen LogP contribution in [-0.4, -0.2) is 47.9 Å². The van der Waals surface area contributed by atoms with Crippen LogP contribution < -0.4 is 0 Å². The summed E-state index contributed by atoms with van der Waals surface area (Å²) in [6.45, 7) is 7.89. The molecule has 1 saturated heterocycles. The topological polar surface area (TPSA) is 23.6 Å². The molecular weight excluding hydrogens is 243 g/mol. The quantitative estimate of drug-likeness (QED) is 0.833. The smallest absolute Gasteiger partial charge is 0.253 e. The van der Waals surface area contributed by atoms with E-state index in [-0.39, 0.29) is 11.7 Å². The van der Waals surface area contributed by atoms with Crippen LogP contribution in [0.3, 0.4) is 0 Å². The van der Waals surface area contributed by atoms with E-state index in [1.807, 2.05) is 4.90 Å². The molecule has 0 N–H and O–H groups in total. The van der Waals surface area contributed by atoms with Crippen LogP contribution in [0.1, 0.15) is 30.6 Å². The molecule has 1 amide bonds. The van der Waals surface area contributed by atoms with Crippen LogP contribution in [0.25, 0.3) is 0 Å². The number of likely N-dealkylation sites (N-methyl/N-ethyl adjacent to an activating group) is 1. The lowest BCUT2D eigenvalue weighted by Gasteiger charge is -2.26. The Kier molecular flexibility index (Phi) is 4.53. The molecule has 19 heavy (non-hydrogen) atoms. The van der Waals surface area contributed by atoms with Crippen LogP contribution in [0.15, 0.2) is 24.3 Å². The maximum atomic E-state index is 12.9. The molecule has 1 heterocycles. The van der Waals surface area contributed by atoms with Crippen molar-refractivity contribution in [3.05, 3.63) is 35.6 Å². The molecule has 104 valence electrons. The Labute approximate surface area is 114 Å². The van der Waals surface area contributed by atoms with Crippen molar-refractivity contribution in [3.8, 4) is 0 Å². The molecule has 0 bridgehead atoms. The first-order valence-corrected chi connectivity index (χ1v) is 6.94. The van der Waals surface area contributed by atoms with Gasteiger partial charge in [-0.1, -0.05) is 13.8 Å². The van der Waals surface area contributed by atoms with E-state index in [4.69, 9.17) is 0 Å². The summed E-state index contributed by atoms with van der Waals surface area (Å²) in [5.41, 5.74) is 0.571. The average molecular weight is 264 g/mol. The molecule has 1 aromatic carbocycles. The summed E-state index contributed by atoms with van der Waals surface area (Å²) in [4.78, 5) is 16.5. The Morgan fingerprint density at radius 1 is 1.32 bits per heavy atom. The van der Waals surface area contributed by atoms with Gasteiger partial charge in [-0.2, -0.15) is 0 Å². The zero-order chi connectivity index (χ0) is 13.8. The number of nitrogens with zero attached hydrogens (tertiary/aromatic N) is 2. The van der Waals surface area contributed by atoms with Crippen LogP contribution in [0, 0.1) is 5.82 Å². The number of likely N-dealkylation sites (tertiary alicyclic amines) is 1. The maximum absolute atomic E-state index is 12.9. The first-order valence-electron chi connectivity index (χ1n) is 6.94. The molecule has 1 fully saturated rings. The fourth-order valence-electron chi connectivity index (χ4n) is 2.74. The number of carbonyl (C=O) groups excluding carboxylic acids is 1. The van der Waals surface area contributed by atoms with Crippen molar-refractivity contribution in [2.24, 2.45) is 0 Å². The van der Waals surface area contributed by atoms with E-state index in [0.717, 1.165) is 32.6 Å². The van der Waals surface area contributed by atoms with Crippen molar-refractivity contribution in [3.63, 3.8) is 0 Å². The molecule has 1 aliphatic heterocycles. The van der Waals surface area contributed by atoms with Crippen molar-refractivity contribution in [2.45, 2.75) is 26.3 Å². The summed E-state index contributed by atoms with van der Waals surface area (Å²) in [6, 6.07) is 6.25. The number of halogens is 1. The molecule has 0 aliphatic carbocycles. The lowest BCUT2D eigenvalue weighted by atomic mass is 10.2. The molecule has 0 radical (unpaired) electrons. The third-order valence-electron chi connectivity index (χ3n) is 3.87.